The maximum Gasteiger partial charge on any atom is 0.123 e. The molecule has 1 aromatic rings. The molecular weight excluding hydrogens is 244 g/mol. The molecule has 0 spiro atoms. The van der Waals surface area contributed by atoms with Crippen molar-refractivity contribution < 1.29 is 4.74 Å². The van der Waals surface area contributed by atoms with Crippen molar-refractivity contribution in [1.29, 1.82) is 0 Å². The number of aromatic nitrogens is 1. The Labute approximate surface area is 105 Å². The molecule has 1 fully saturated rings. The van der Waals surface area contributed by atoms with Crippen molar-refractivity contribution in [2.24, 2.45) is 5.92 Å². The predicted octanol–water partition coefficient (Wildman–Crippen LogP) is 2.87. The summed E-state index contributed by atoms with van der Waals surface area (Å²) in [7, 11) is 0. The van der Waals surface area contributed by atoms with Crippen molar-refractivity contribution in [3.8, 4) is 0 Å². The second-order valence-electron chi connectivity index (χ2n) is 4.41. The second-order valence-corrected chi connectivity index (χ2v) is 6.10. The molecule has 2 rings (SSSR count). The second kappa shape index (κ2) is 5.45. The van der Waals surface area contributed by atoms with Crippen LogP contribution in [0, 0.1) is 5.92 Å². The van der Waals surface area contributed by atoms with Crippen molar-refractivity contribution >= 4 is 22.9 Å². The van der Waals surface area contributed by atoms with Gasteiger partial charge in [-0.25, -0.2) is 4.98 Å². The monoisotopic (exact) mass is 260 g/mol. The molecule has 0 bridgehead atoms. The number of hydrogen-bond acceptors (Lipinski definition) is 4. The lowest BCUT2D eigenvalue weighted by molar-refractivity contribution is 0.0898. The highest BCUT2D eigenvalue weighted by molar-refractivity contribution is 7.15. The summed E-state index contributed by atoms with van der Waals surface area (Å²) in [4.78, 5) is 4.31. The van der Waals surface area contributed by atoms with Crippen LogP contribution in [-0.4, -0.2) is 24.2 Å². The predicted molar refractivity (Wildman–Crippen MR) is 67.1 cm³/mol. The highest BCUT2D eigenvalue weighted by Crippen LogP contribution is 2.37. The van der Waals surface area contributed by atoms with Gasteiger partial charge in [0.1, 0.15) is 15.4 Å². The summed E-state index contributed by atoms with van der Waals surface area (Å²) >= 11 is 7.42. The topological polar surface area (TPSA) is 34.1 Å². The lowest BCUT2D eigenvalue weighted by Gasteiger charge is -2.18. The number of hydrogen-bond donors (Lipinski definition) is 1. The third kappa shape index (κ3) is 2.94. The lowest BCUT2D eigenvalue weighted by atomic mass is 10.0. The molecule has 1 aliphatic heterocycles. The van der Waals surface area contributed by atoms with E-state index in [0.29, 0.717) is 12.0 Å². The zero-order valence-electron chi connectivity index (χ0n) is 9.57. The summed E-state index contributed by atoms with van der Waals surface area (Å²) in [5.41, 5.74) is 0. The minimum absolute atomic E-state index is 0.128. The highest BCUT2D eigenvalue weighted by atomic mass is 35.5. The van der Waals surface area contributed by atoms with Crippen molar-refractivity contribution in [1.82, 2.24) is 10.3 Å². The van der Waals surface area contributed by atoms with Gasteiger partial charge < -0.3 is 10.1 Å². The molecule has 90 valence electrons. The lowest BCUT2D eigenvalue weighted by Crippen LogP contribution is -2.30. The Kier molecular flexibility index (Phi) is 4.19. The van der Waals surface area contributed by atoms with Crippen LogP contribution in [-0.2, 0) is 4.74 Å². The SMILES string of the molecule is CC(C)NCC1CCOC1c1ncc(Cl)s1. The Hall–Kier alpha value is -0.160. The van der Waals surface area contributed by atoms with Crippen molar-refractivity contribution in [3.05, 3.63) is 15.5 Å². The molecular formula is C11H17ClN2OS. The van der Waals surface area contributed by atoms with Crippen LogP contribution in [0.4, 0.5) is 0 Å². The van der Waals surface area contributed by atoms with E-state index in [2.05, 4.69) is 24.1 Å². The van der Waals surface area contributed by atoms with Gasteiger partial charge in [-0.3, -0.25) is 0 Å². The minimum atomic E-state index is 0.128. The van der Waals surface area contributed by atoms with E-state index < -0.39 is 0 Å². The molecule has 1 saturated heterocycles. The van der Waals surface area contributed by atoms with Crippen molar-refractivity contribution in [3.63, 3.8) is 0 Å². The fraction of sp³-hybridized carbons (Fsp3) is 0.727. The van der Waals surface area contributed by atoms with Gasteiger partial charge in [-0.1, -0.05) is 25.4 Å². The van der Waals surface area contributed by atoms with E-state index in [-0.39, 0.29) is 6.10 Å². The Bertz CT molecular complexity index is 342. The van der Waals surface area contributed by atoms with Gasteiger partial charge in [0, 0.05) is 25.1 Å². The van der Waals surface area contributed by atoms with Crippen LogP contribution in [0.1, 0.15) is 31.4 Å². The van der Waals surface area contributed by atoms with Gasteiger partial charge in [0.15, 0.2) is 0 Å². The number of halogens is 1. The molecule has 1 N–H and O–H groups in total. The van der Waals surface area contributed by atoms with Crippen molar-refractivity contribution in [2.75, 3.05) is 13.2 Å². The Morgan fingerprint density at radius 2 is 2.50 bits per heavy atom. The van der Waals surface area contributed by atoms with Crippen LogP contribution in [0.15, 0.2) is 6.20 Å². The van der Waals surface area contributed by atoms with E-state index in [1.807, 2.05) is 0 Å². The summed E-state index contributed by atoms with van der Waals surface area (Å²) in [6.45, 7) is 6.13. The molecule has 2 heterocycles. The third-order valence-electron chi connectivity index (χ3n) is 2.74. The summed E-state index contributed by atoms with van der Waals surface area (Å²) in [6, 6.07) is 0.515. The zero-order valence-corrected chi connectivity index (χ0v) is 11.1. The average molecular weight is 261 g/mol. The molecule has 0 amide bonds. The molecule has 16 heavy (non-hydrogen) atoms. The quantitative estimate of drug-likeness (QED) is 0.904. The first kappa shape index (κ1) is 12.3. The number of ether oxygens (including phenoxy) is 1. The molecule has 0 radical (unpaired) electrons. The Balaban J connectivity index is 1.98. The van der Waals surface area contributed by atoms with Gasteiger partial charge in [0.2, 0.25) is 0 Å². The van der Waals surface area contributed by atoms with Crippen LogP contribution in [0.3, 0.4) is 0 Å². The van der Waals surface area contributed by atoms with E-state index in [1.165, 1.54) is 11.3 Å². The van der Waals surface area contributed by atoms with Crippen LogP contribution in [0.25, 0.3) is 0 Å². The number of thiazole rings is 1. The maximum absolute atomic E-state index is 5.90. The molecule has 0 aliphatic carbocycles. The first-order valence-corrected chi connectivity index (χ1v) is 6.82. The largest absolute Gasteiger partial charge is 0.371 e. The summed E-state index contributed by atoms with van der Waals surface area (Å²) in [6.07, 6.45) is 2.93. The van der Waals surface area contributed by atoms with Crippen LogP contribution >= 0.6 is 22.9 Å². The smallest absolute Gasteiger partial charge is 0.123 e. The average Bonchev–Trinajstić information content (AvgIpc) is 2.82. The molecule has 2 atom stereocenters. The molecule has 0 saturated carbocycles. The maximum atomic E-state index is 5.90. The first-order valence-electron chi connectivity index (χ1n) is 5.63. The summed E-state index contributed by atoms with van der Waals surface area (Å²) in [5.74, 6) is 0.518. The van der Waals surface area contributed by atoms with Gasteiger partial charge in [0.05, 0.1) is 6.20 Å². The molecule has 2 unspecified atom stereocenters. The van der Waals surface area contributed by atoms with E-state index in [0.717, 1.165) is 28.9 Å². The standard InChI is InChI=1S/C11H17ClN2OS/c1-7(2)13-5-8-3-4-15-10(8)11-14-6-9(12)16-11/h6-8,10,13H,3-5H2,1-2H3. The number of rotatable bonds is 4. The molecule has 3 nitrogen and oxygen atoms in total. The fourth-order valence-electron chi connectivity index (χ4n) is 1.90. The van der Waals surface area contributed by atoms with Gasteiger partial charge in [-0.15, -0.1) is 11.3 Å². The number of nitrogens with one attached hydrogen (secondary N) is 1. The van der Waals surface area contributed by atoms with Gasteiger partial charge >= 0.3 is 0 Å². The van der Waals surface area contributed by atoms with E-state index >= 15 is 0 Å². The van der Waals surface area contributed by atoms with Gasteiger partial charge in [-0.05, 0) is 6.42 Å². The normalized spacial score (nSPS) is 25.5. The minimum Gasteiger partial charge on any atom is -0.371 e. The molecule has 1 aliphatic rings. The van der Waals surface area contributed by atoms with E-state index in [4.69, 9.17) is 16.3 Å². The molecule has 0 aromatic carbocycles. The Morgan fingerprint density at radius 3 is 3.12 bits per heavy atom. The molecule has 5 heteroatoms. The van der Waals surface area contributed by atoms with Gasteiger partial charge in [-0.2, -0.15) is 0 Å². The highest BCUT2D eigenvalue weighted by Gasteiger charge is 2.31. The van der Waals surface area contributed by atoms with Crippen LogP contribution in [0.2, 0.25) is 4.34 Å². The zero-order chi connectivity index (χ0) is 11.5. The first-order chi connectivity index (χ1) is 7.66. The summed E-state index contributed by atoms with van der Waals surface area (Å²) in [5, 5.41) is 4.47. The molecule has 1 aromatic heterocycles. The third-order valence-corrected chi connectivity index (χ3v) is 3.92. The van der Waals surface area contributed by atoms with Crippen molar-refractivity contribution in [2.45, 2.75) is 32.4 Å². The van der Waals surface area contributed by atoms with Gasteiger partial charge in [0.25, 0.3) is 0 Å². The Morgan fingerprint density at radius 1 is 1.69 bits per heavy atom. The number of nitrogens with zero attached hydrogens (tertiary/aromatic N) is 1. The van der Waals surface area contributed by atoms with Crippen LogP contribution < -0.4 is 5.32 Å². The van der Waals surface area contributed by atoms with Crippen LogP contribution in [0.5, 0.6) is 0 Å². The fourth-order valence-corrected chi connectivity index (χ4v) is 2.97. The summed E-state index contributed by atoms with van der Waals surface area (Å²) < 4.78 is 6.48. The van der Waals surface area contributed by atoms with E-state index in [1.54, 1.807) is 6.20 Å². The van der Waals surface area contributed by atoms with E-state index in [9.17, 15) is 0 Å².